The SMILES string of the molecule is CCc1ccc(S(=O)(=O)Nc2ccc(I)cc2)cc1N. The van der Waals surface area contributed by atoms with E-state index in [1.165, 1.54) is 6.07 Å². The molecule has 0 radical (unpaired) electrons. The van der Waals surface area contributed by atoms with Crippen molar-refractivity contribution < 1.29 is 8.42 Å². The van der Waals surface area contributed by atoms with Crippen LogP contribution < -0.4 is 10.5 Å². The number of nitrogens with two attached hydrogens (primary N) is 1. The predicted octanol–water partition coefficient (Wildman–Crippen LogP) is 3.24. The molecule has 0 unspecified atom stereocenters. The van der Waals surface area contributed by atoms with Gasteiger partial charge < -0.3 is 5.73 Å². The summed E-state index contributed by atoms with van der Waals surface area (Å²) < 4.78 is 28.1. The molecular formula is C14H15IN2O2S. The second kappa shape index (κ2) is 6.01. The van der Waals surface area contributed by atoms with Gasteiger partial charge in [0, 0.05) is 14.9 Å². The first kappa shape index (κ1) is 15.1. The normalized spacial score (nSPS) is 11.3. The molecule has 2 rings (SSSR count). The van der Waals surface area contributed by atoms with E-state index in [2.05, 4.69) is 27.3 Å². The van der Waals surface area contributed by atoms with Crippen molar-refractivity contribution in [3.05, 3.63) is 51.6 Å². The molecule has 2 aromatic carbocycles. The molecule has 0 heterocycles. The minimum absolute atomic E-state index is 0.172. The van der Waals surface area contributed by atoms with E-state index in [1.807, 2.05) is 19.1 Å². The zero-order chi connectivity index (χ0) is 14.8. The maximum atomic E-state index is 12.3. The number of anilines is 2. The van der Waals surface area contributed by atoms with Crippen LogP contribution in [-0.2, 0) is 16.4 Å². The fourth-order valence-corrected chi connectivity index (χ4v) is 3.25. The number of benzene rings is 2. The molecule has 0 fully saturated rings. The summed E-state index contributed by atoms with van der Waals surface area (Å²) in [7, 11) is -3.61. The van der Waals surface area contributed by atoms with Crippen LogP contribution in [0.25, 0.3) is 0 Å². The fraction of sp³-hybridized carbons (Fsp3) is 0.143. The predicted molar refractivity (Wildman–Crippen MR) is 90.2 cm³/mol. The Morgan fingerprint density at radius 3 is 2.35 bits per heavy atom. The summed E-state index contributed by atoms with van der Waals surface area (Å²) in [5.41, 5.74) is 7.82. The van der Waals surface area contributed by atoms with Gasteiger partial charge in [0.2, 0.25) is 0 Å². The fourth-order valence-electron chi connectivity index (χ4n) is 1.79. The Kier molecular flexibility index (Phi) is 4.54. The molecule has 3 N–H and O–H groups in total. The second-order valence-corrected chi connectivity index (χ2v) is 7.25. The van der Waals surface area contributed by atoms with Crippen LogP contribution in [0.15, 0.2) is 47.4 Å². The van der Waals surface area contributed by atoms with Crippen LogP contribution in [0.1, 0.15) is 12.5 Å². The van der Waals surface area contributed by atoms with Crippen LogP contribution in [0, 0.1) is 3.57 Å². The lowest BCUT2D eigenvalue weighted by Gasteiger charge is -2.10. The highest BCUT2D eigenvalue weighted by Crippen LogP contribution is 2.21. The highest BCUT2D eigenvalue weighted by atomic mass is 127. The summed E-state index contributed by atoms with van der Waals surface area (Å²) in [6.45, 7) is 1.98. The van der Waals surface area contributed by atoms with Crippen molar-refractivity contribution in [2.24, 2.45) is 0 Å². The maximum absolute atomic E-state index is 12.3. The third-order valence-electron chi connectivity index (χ3n) is 2.90. The minimum Gasteiger partial charge on any atom is -0.398 e. The summed E-state index contributed by atoms with van der Waals surface area (Å²) in [6, 6.07) is 11.9. The zero-order valence-corrected chi connectivity index (χ0v) is 13.9. The molecule has 0 aromatic heterocycles. The number of hydrogen-bond donors (Lipinski definition) is 2. The Hall–Kier alpha value is -1.28. The first-order valence-electron chi connectivity index (χ1n) is 6.09. The van der Waals surface area contributed by atoms with Gasteiger partial charge in [-0.15, -0.1) is 0 Å². The summed E-state index contributed by atoms with van der Waals surface area (Å²) >= 11 is 2.16. The smallest absolute Gasteiger partial charge is 0.261 e. The number of halogens is 1. The molecule has 106 valence electrons. The summed E-state index contributed by atoms with van der Waals surface area (Å²) in [6.07, 6.45) is 0.775. The van der Waals surface area contributed by atoms with Crippen LogP contribution in [-0.4, -0.2) is 8.42 Å². The molecule has 2 aromatic rings. The van der Waals surface area contributed by atoms with Gasteiger partial charge in [0.1, 0.15) is 0 Å². The molecule has 0 aliphatic rings. The van der Waals surface area contributed by atoms with E-state index in [1.54, 1.807) is 24.3 Å². The van der Waals surface area contributed by atoms with Crippen molar-refractivity contribution in [3.63, 3.8) is 0 Å². The first-order valence-corrected chi connectivity index (χ1v) is 8.65. The van der Waals surface area contributed by atoms with Crippen molar-refractivity contribution >= 4 is 44.0 Å². The monoisotopic (exact) mass is 402 g/mol. The second-order valence-electron chi connectivity index (χ2n) is 4.33. The van der Waals surface area contributed by atoms with Gasteiger partial charge in [0.25, 0.3) is 10.0 Å². The van der Waals surface area contributed by atoms with Gasteiger partial charge in [-0.25, -0.2) is 8.42 Å². The minimum atomic E-state index is -3.61. The lowest BCUT2D eigenvalue weighted by molar-refractivity contribution is 0.601. The van der Waals surface area contributed by atoms with Crippen LogP contribution in [0.4, 0.5) is 11.4 Å². The van der Waals surface area contributed by atoms with Crippen molar-refractivity contribution in [2.75, 3.05) is 10.5 Å². The number of hydrogen-bond acceptors (Lipinski definition) is 3. The lowest BCUT2D eigenvalue weighted by Crippen LogP contribution is -2.13. The maximum Gasteiger partial charge on any atom is 0.261 e. The van der Waals surface area contributed by atoms with Gasteiger partial charge in [-0.1, -0.05) is 13.0 Å². The molecule has 0 bridgehead atoms. The molecule has 0 aliphatic carbocycles. The Labute approximate surface area is 132 Å². The van der Waals surface area contributed by atoms with Crippen LogP contribution >= 0.6 is 22.6 Å². The molecule has 0 saturated carbocycles. The van der Waals surface area contributed by atoms with Gasteiger partial charge in [-0.2, -0.15) is 0 Å². The van der Waals surface area contributed by atoms with Gasteiger partial charge >= 0.3 is 0 Å². The molecule has 0 spiro atoms. The standard InChI is InChI=1S/C14H15IN2O2S/c1-2-10-3-8-13(9-14(10)16)20(18,19)17-12-6-4-11(15)5-7-12/h3-9,17H,2,16H2,1H3. The Balaban J connectivity index is 2.30. The quantitative estimate of drug-likeness (QED) is 0.609. The van der Waals surface area contributed by atoms with Crippen molar-refractivity contribution in [1.82, 2.24) is 0 Å². The summed E-state index contributed by atoms with van der Waals surface area (Å²) in [5.74, 6) is 0. The Bertz CT molecular complexity index is 712. The van der Waals surface area contributed by atoms with E-state index in [0.717, 1.165) is 15.6 Å². The molecule has 6 heteroatoms. The highest BCUT2D eigenvalue weighted by Gasteiger charge is 2.15. The van der Waals surface area contributed by atoms with Crippen LogP contribution in [0.2, 0.25) is 0 Å². The molecule has 20 heavy (non-hydrogen) atoms. The molecule has 0 saturated heterocycles. The Morgan fingerprint density at radius 2 is 1.80 bits per heavy atom. The third-order valence-corrected chi connectivity index (χ3v) is 5.00. The van der Waals surface area contributed by atoms with E-state index in [-0.39, 0.29) is 4.90 Å². The van der Waals surface area contributed by atoms with Gasteiger partial charge in [0.05, 0.1) is 4.90 Å². The summed E-state index contributed by atoms with van der Waals surface area (Å²) in [5, 5.41) is 0. The first-order chi connectivity index (χ1) is 9.42. The largest absolute Gasteiger partial charge is 0.398 e. The molecule has 4 nitrogen and oxygen atoms in total. The van der Waals surface area contributed by atoms with Gasteiger partial charge in [0.15, 0.2) is 0 Å². The van der Waals surface area contributed by atoms with Crippen molar-refractivity contribution in [1.29, 1.82) is 0 Å². The number of aryl methyl sites for hydroxylation is 1. The van der Waals surface area contributed by atoms with Gasteiger partial charge in [-0.3, -0.25) is 4.72 Å². The number of nitrogen functional groups attached to an aromatic ring is 1. The Morgan fingerprint density at radius 1 is 1.15 bits per heavy atom. The van der Waals surface area contributed by atoms with E-state index >= 15 is 0 Å². The molecular weight excluding hydrogens is 387 g/mol. The van der Waals surface area contributed by atoms with Crippen LogP contribution in [0.5, 0.6) is 0 Å². The van der Waals surface area contributed by atoms with E-state index in [9.17, 15) is 8.42 Å². The van der Waals surface area contributed by atoms with E-state index in [0.29, 0.717) is 11.4 Å². The number of nitrogens with one attached hydrogen (secondary N) is 1. The van der Waals surface area contributed by atoms with E-state index in [4.69, 9.17) is 5.73 Å². The molecule has 0 aliphatic heterocycles. The van der Waals surface area contributed by atoms with E-state index < -0.39 is 10.0 Å². The molecule has 0 atom stereocenters. The zero-order valence-electron chi connectivity index (χ0n) is 10.9. The topological polar surface area (TPSA) is 72.2 Å². The van der Waals surface area contributed by atoms with Crippen molar-refractivity contribution in [2.45, 2.75) is 18.2 Å². The average molecular weight is 402 g/mol. The lowest BCUT2D eigenvalue weighted by atomic mass is 10.1. The molecule has 0 amide bonds. The van der Waals surface area contributed by atoms with Crippen LogP contribution in [0.3, 0.4) is 0 Å². The summed E-state index contributed by atoms with van der Waals surface area (Å²) in [4.78, 5) is 0.172. The van der Waals surface area contributed by atoms with Gasteiger partial charge in [-0.05, 0) is 71.0 Å². The highest BCUT2D eigenvalue weighted by molar-refractivity contribution is 14.1. The number of sulfonamides is 1. The average Bonchev–Trinajstić information content (AvgIpc) is 2.41. The van der Waals surface area contributed by atoms with Crippen molar-refractivity contribution in [3.8, 4) is 0 Å². The number of rotatable bonds is 4. The third kappa shape index (κ3) is 3.43.